The van der Waals surface area contributed by atoms with Crippen LogP contribution in [0.25, 0.3) is 0 Å². The molecular weight excluding hydrogens is 516 g/mol. The molecule has 0 aromatic carbocycles. The Hall–Kier alpha value is 1.25. The van der Waals surface area contributed by atoms with Gasteiger partial charge in [-0.05, 0) is 0 Å². The number of hydrogen-bond donors (Lipinski definition) is 0. The van der Waals surface area contributed by atoms with Crippen LogP contribution in [0.4, 0.5) is 0 Å². The van der Waals surface area contributed by atoms with Gasteiger partial charge in [0.2, 0.25) is 0 Å². The molecule has 0 aliphatic carbocycles. The van der Waals surface area contributed by atoms with Gasteiger partial charge in [-0.1, -0.05) is 0 Å². The van der Waals surface area contributed by atoms with Gasteiger partial charge < -0.3 is 0 Å². The van der Waals surface area contributed by atoms with Gasteiger partial charge in [0, 0.05) is 0 Å². The van der Waals surface area contributed by atoms with Gasteiger partial charge in [0.1, 0.15) is 0 Å². The Bertz CT molecular complexity index is 178. The molecule has 0 heterocycles. The van der Waals surface area contributed by atoms with E-state index < -0.39 is 51.2 Å². The molecule has 20 nitrogen and oxygen atoms in total. The van der Waals surface area contributed by atoms with E-state index in [4.69, 9.17) is 93.2 Å². The van der Waals surface area contributed by atoms with Crippen LogP contribution in [0.15, 0.2) is 0 Å². The van der Waals surface area contributed by atoms with Crippen molar-refractivity contribution in [3.63, 3.8) is 0 Å². The van der Waals surface area contributed by atoms with Crippen LogP contribution in [0.2, 0.25) is 0 Å². The molecule has 0 rings (SSSR count). The standard InChI is InChI=1S/C.5ClHO4.Li/c;5*2-1(3,4)5;/h;5*(H,2,3,4,5);/q+4;;;;;;+1/p-5. The van der Waals surface area contributed by atoms with Gasteiger partial charge in [-0.3, -0.25) is 0 Å². The van der Waals surface area contributed by atoms with Crippen LogP contribution >= 0.6 is 0 Å². The van der Waals surface area contributed by atoms with Crippen LogP contribution in [-0.4, -0.2) is 0 Å². The second-order valence-electron chi connectivity index (χ2n) is 1.89. The van der Waals surface area contributed by atoms with Gasteiger partial charge in [0.25, 0.3) is 0 Å². The van der Waals surface area contributed by atoms with Crippen LogP contribution in [-0.2, 0) is 0 Å². The molecule has 0 N–H and O–H groups in total. The van der Waals surface area contributed by atoms with Crippen molar-refractivity contribution in [1.29, 1.82) is 0 Å². The van der Waals surface area contributed by atoms with E-state index >= 15 is 0 Å². The second-order valence-corrected chi connectivity index (χ2v) is 5.67. The number of hydrogen-bond acceptors (Lipinski definition) is 20. The molecule has 27 heavy (non-hydrogen) atoms. The fourth-order valence-electron chi connectivity index (χ4n) is 0. The molecule has 0 unspecified atom stereocenters. The van der Waals surface area contributed by atoms with E-state index in [1.165, 1.54) is 0 Å². The quantitative estimate of drug-likeness (QED) is 0.269. The largest absolute Gasteiger partial charge is 4.00 e. The summed E-state index contributed by atoms with van der Waals surface area (Å²) in [4.78, 5) is 0. The zero-order chi connectivity index (χ0) is 22.5. The number of halogens is 5. The van der Waals surface area contributed by atoms with Crippen molar-refractivity contribution in [2.45, 2.75) is 0 Å². The van der Waals surface area contributed by atoms with E-state index in [0.717, 1.165) is 0 Å². The summed E-state index contributed by atoms with van der Waals surface area (Å²) in [6.07, 6.45) is 0. The molecule has 0 radical (unpaired) electrons. The Morgan fingerprint density at radius 3 is 0.222 bits per heavy atom. The van der Waals surface area contributed by atoms with Crippen molar-refractivity contribution in [2.75, 3.05) is 0 Å². The Labute approximate surface area is 170 Å². The van der Waals surface area contributed by atoms with E-state index in [0.29, 0.717) is 0 Å². The van der Waals surface area contributed by atoms with Gasteiger partial charge >= 0.3 is 26.3 Å². The van der Waals surface area contributed by atoms with Gasteiger partial charge in [0.05, 0.1) is 0 Å². The minimum Gasteiger partial charge on any atom is -0.222 e. The van der Waals surface area contributed by atoms with Crippen LogP contribution in [0.5, 0.6) is 0 Å². The van der Waals surface area contributed by atoms with Crippen molar-refractivity contribution < 1.29 is 163 Å². The van der Waals surface area contributed by atoms with Crippen LogP contribution in [0.1, 0.15) is 0 Å². The Kier molecular flexibility index (Phi) is 33.1. The Morgan fingerprint density at radius 2 is 0.222 bits per heavy atom. The summed E-state index contributed by atoms with van der Waals surface area (Å²) in [6, 6.07) is 0. The smallest absolute Gasteiger partial charge is 0.222 e. The summed E-state index contributed by atoms with van der Waals surface area (Å²) in [6.45, 7) is 0. The number of rotatable bonds is 0. The molecule has 0 spiro atoms. The second kappa shape index (κ2) is 19.2. The molecule has 26 heteroatoms. The third kappa shape index (κ3) is 11200. The average molecular weight is 516 g/mol. The normalized spacial score (nSPS) is 11.1. The molecule has 0 aromatic rings. The zero-order valence-electron chi connectivity index (χ0n) is 11.6. The molecule has 0 saturated carbocycles. The van der Waals surface area contributed by atoms with Gasteiger partial charge in [-0.15, -0.1) is 51.2 Å². The van der Waals surface area contributed by atoms with E-state index in [1.807, 2.05) is 0 Å². The first-order chi connectivity index (χ1) is 10.0. The molecule has 0 aliphatic heterocycles. The summed E-state index contributed by atoms with van der Waals surface area (Å²) in [5.74, 6) is 0. The monoisotopic (exact) mass is 514 g/mol. The maximum absolute atomic E-state index is 8.49. The third-order valence-corrected chi connectivity index (χ3v) is 0. The van der Waals surface area contributed by atoms with Crippen LogP contribution in [0, 0.1) is 58.6 Å². The van der Waals surface area contributed by atoms with Crippen molar-refractivity contribution in [2.24, 2.45) is 0 Å². The summed E-state index contributed by atoms with van der Waals surface area (Å²) in [5, 5.41) is 0. The molecule has 0 bridgehead atoms. The minimum atomic E-state index is -4.94. The topological polar surface area (TPSA) is 461 Å². The first-order valence-electron chi connectivity index (χ1n) is 3.09. The average Bonchev–Trinajstić information content (AvgIpc) is 1.79. The first kappa shape index (κ1) is 46.5. The summed E-state index contributed by atoms with van der Waals surface area (Å²) in [5.41, 5.74) is 0. The first-order valence-corrected chi connectivity index (χ1v) is 9.26. The van der Waals surface area contributed by atoms with Crippen LogP contribution < -0.4 is 112 Å². The van der Waals surface area contributed by atoms with Gasteiger partial charge in [-0.25, -0.2) is 93.2 Å². The van der Waals surface area contributed by atoms with Gasteiger partial charge in [0.15, 0.2) is 0 Å². The fourth-order valence-corrected chi connectivity index (χ4v) is 0. The summed E-state index contributed by atoms with van der Waals surface area (Å²) < 4.78 is 170. The molecule has 160 valence electrons. The molecule has 0 saturated heterocycles. The van der Waals surface area contributed by atoms with E-state index in [9.17, 15) is 0 Å². The SMILES string of the molecule is [C+4].[Li+].[O-][Cl+3]([O-])([O-])[O-].[O-][Cl+3]([O-])([O-])[O-].[O-][Cl+3]([O-])([O-])[O-].[O-][Cl+3]([O-])([O-])[O-].[O-][Cl+3]([O-])([O-])[O-]. The van der Waals surface area contributed by atoms with Gasteiger partial charge in [-0.2, -0.15) is 0 Å². The predicted molar refractivity (Wildman–Crippen MR) is 3.24 cm³/mol. The molecule has 0 aromatic heterocycles. The Morgan fingerprint density at radius 1 is 0.222 bits per heavy atom. The van der Waals surface area contributed by atoms with Crippen molar-refractivity contribution in [3.8, 4) is 0 Å². The zero-order valence-corrected chi connectivity index (χ0v) is 15.3. The van der Waals surface area contributed by atoms with E-state index in [-0.39, 0.29) is 26.3 Å². The molecule has 0 aliphatic rings. The fraction of sp³-hybridized carbons (Fsp3) is 0. The van der Waals surface area contributed by atoms with Crippen molar-refractivity contribution in [3.05, 3.63) is 7.43 Å². The maximum atomic E-state index is 8.49. The third-order valence-electron chi connectivity index (χ3n) is 0. The van der Waals surface area contributed by atoms with E-state index in [1.54, 1.807) is 0 Å². The molecule has 0 atom stereocenters. The molecular formula is CCl5LiO20. The Balaban J connectivity index is -0.0000000364. The van der Waals surface area contributed by atoms with Crippen molar-refractivity contribution in [1.82, 2.24) is 0 Å². The molecule has 0 amide bonds. The molecule has 0 fully saturated rings. The summed E-state index contributed by atoms with van der Waals surface area (Å²) >= 11 is 0. The predicted octanol–water partition coefficient (Wildman–Crippen LogP) is -26.7. The van der Waals surface area contributed by atoms with Crippen molar-refractivity contribution >= 4 is 0 Å². The minimum absolute atomic E-state index is 0. The van der Waals surface area contributed by atoms with Crippen LogP contribution in [0.3, 0.4) is 0 Å². The van der Waals surface area contributed by atoms with E-state index in [2.05, 4.69) is 0 Å². The maximum Gasteiger partial charge on any atom is 4.00 e. The summed E-state index contributed by atoms with van der Waals surface area (Å²) in [7, 11) is -24.7.